The van der Waals surface area contributed by atoms with Crippen molar-refractivity contribution in [2.24, 2.45) is 0 Å². The van der Waals surface area contributed by atoms with E-state index in [0.717, 1.165) is 5.56 Å². The fourth-order valence-corrected chi connectivity index (χ4v) is 2.07. The summed E-state index contributed by atoms with van der Waals surface area (Å²) >= 11 is 6.07. The number of hydrogen-bond acceptors (Lipinski definition) is 3. The molecule has 0 fully saturated rings. The molecule has 0 amide bonds. The Morgan fingerprint density at radius 1 is 1.19 bits per heavy atom. The molecule has 0 unspecified atom stereocenters. The van der Waals surface area contributed by atoms with Crippen LogP contribution in [0.5, 0.6) is 11.5 Å². The molecule has 0 saturated carbocycles. The molecule has 0 bridgehead atoms. The number of carbonyl (C=O) groups is 1. The van der Waals surface area contributed by atoms with E-state index in [0.29, 0.717) is 22.1 Å². The molecule has 1 N–H and O–H groups in total. The van der Waals surface area contributed by atoms with E-state index in [1.807, 2.05) is 19.1 Å². The molecule has 5 heteroatoms. The van der Waals surface area contributed by atoms with Crippen LogP contribution in [0.25, 0.3) is 0 Å². The summed E-state index contributed by atoms with van der Waals surface area (Å²) in [6, 6.07) is 10.1. The highest BCUT2D eigenvalue weighted by Crippen LogP contribution is 2.28. The lowest BCUT2D eigenvalue weighted by Crippen LogP contribution is -2.03. The van der Waals surface area contributed by atoms with E-state index in [4.69, 9.17) is 26.2 Å². The Labute approximate surface area is 127 Å². The number of carboxylic acid groups (broad SMARTS) is 1. The second-order valence-electron chi connectivity index (χ2n) is 4.55. The Hall–Kier alpha value is -2.20. The average Bonchev–Trinajstić information content (AvgIpc) is 2.47. The van der Waals surface area contributed by atoms with Crippen molar-refractivity contribution in [3.63, 3.8) is 0 Å². The molecule has 21 heavy (non-hydrogen) atoms. The molecule has 0 heterocycles. The van der Waals surface area contributed by atoms with Gasteiger partial charge in [0.2, 0.25) is 0 Å². The van der Waals surface area contributed by atoms with Crippen molar-refractivity contribution in [1.82, 2.24) is 0 Å². The summed E-state index contributed by atoms with van der Waals surface area (Å²) in [6.07, 6.45) is 0. The van der Waals surface area contributed by atoms with Crippen LogP contribution in [0.15, 0.2) is 36.4 Å². The minimum absolute atomic E-state index is 0.174. The molecule has 4 nitrogen and oxygen atoms in total. The van der Waals surface area contributed by atoms with E-state index < -0.39 is 5.97 Å². The first-order valence-electron chi connectivity index (χ1n) is 6.30. The summed E-state index contributed by atoms with van der Waals surface area (Å²) in [6.45, 7) is 2.11. The largest absolute Gasteiger partial charge is 0.496 e. The second kappa shape index (κ2) is 6.50. The molecule has 110 valence electrons. The van der Waals surface area contributed by atoms with Crippen LogP contribution in [0.4, 0.5) is 0 Å². The quantitative estimate of drug-likeness (QED) is 0.909. The molecule has 0 saturated heterocycles. The number of ether oxygens (including phenoxy) is 2. The molecule has 0 aliphatic heterocycles. The SMILES string of the molecule is COc1ccc(C(=O)O)cc1COc1cc(C)ccc1Cl. The summed E-state index contributed by atoms with van der Waals surface area (Å²) in [4.78, 5) is 11.0. The van der Waals surface area contributed by atoms with Gasteiger partial charge in [-0.25, -0.2) is 4.79 Å². The fraction of sp³-hybridized carbons (Fsp3) is 0.188. The zero-order valence-electron chi connectivity index (χ0n) is 11.7. The molecule has 0 spiro atoms. The maximum absolute atomic E-state index is 11.0. The predicted molar refractivity (Wildman–Crippen MR) is 80.5 cm³/mol. The Bertz CT molecular complexity index is 667. The van der Waals surface area contributed by atoms with Gasteiger partial charge in [0, 0.05) is 5.56 Å². The Kier molecular flexibility index (Phi) is 4.70. The summed E-state index contributed by atoms with van der Waals surface area (Å²) in [5.41, 5.74) is 1.86. The first kappa shape index (κ1) is 15.2. The number of carboxylic acids is 1. The maximum Gasteiger partial charge on any atom is 0.335 e. The van der Waals surface area contributed by atoms with Crippen molar-refractivity contribution in [2.75, 3.05) is 7.11 Å². The molecule has 2 rings (SSSR count). The van der Waals surface area contributed by atoms with Crippen LogP contribution in [0.2, 0.25) is 5.02 Å². The minimum atomic E-state index is -0.993. The van der Waals surface area contributed by atoms with Crippen LogP contribution in [0, 0.1) is 6.92 Å². The van der Waals surface area contributed by atoms with E-state index in [2.05, 4.69) is 0 Å². The molecular weight excluding hydrogens is 292 g/mol. The lowest BCUT2D eigenvalue weighted by Gasteiger charge is -2.12. The van der Waals surface area contributed by atoms with Crippen molar-refractivity contribution < 1.29 is 19.4 Å². The van der Waals surface area contributed by atoms with Crippen LogP contribution in [-0.2, 0) is 6.61 Å². The van der Waals surface area contributed by atoms with Crippen molar-refractivity contribution in [3.05, 3.63) is 58.1 Å². The number of hydrogen-bond donors (Lipinski definition) is 1. The number of benzene rings is 2. The van der Waals surface area contributed by atoms with Gasteiger partial charge in [-0.2, -0.15) is 0 Å². The second-order valence-corrected chi connectivity index (χ2v) is 4.96. The van der Waals surface area contributed by atoms with Crippen LogP contribution < -0.4 is 9.47 Å². The minimum Gasteiger partial charge on any atom is -0.496 e. The zero-order chi connectivity index (χ0) is 15.4. The topological polar surface area (TPSA) is 55.8 Å². The zero-order valence-corrected chi connectivity index (χ0v) is 12.5. The molecule has 2 aromatic rings. The van der Waals surface area contributed by atoms with Gasteiger partial charge >= 0.3 is 5.97 Å². The molecule has 0 aliphatic carbocycles. The van der Waals surface area contributed by atoms with Gasteiger partial charge in [-0.3, -0.25) is 0 Å². The predicted octanol–water partition coefficient (Wildman–Crippen LogP) is 3.93. The van der Waals surface area contributed by atoms with E-state index in [1.165, 1.54) is 19.2 Å². The van der Waals surface area contributed by atoms with Gasteiger partial charge in [-0.15, -0.1) is 0 Å². The normalized spacial score (nSPS) is 10.2. The van der Waals surface area contributed by atoms with Gasteiger partial charge in [0.25, 0.3) is 0 Å². The molecule has 0 atom stereocenters. The Morgan fingerprint density at radius 3 is 2.62 bits per heavy atom. The highest BCUT2D eigenvalue weighted by molar-refractivity contribution is 6.32. The maximum atomic E-state index is 11.0. The number of methoxy groups -OCH3 is 1. The summed E-state index contributed by atoms with van der Waals surface area (Å²) < 4.78 is 10.9. The molecule has 0 aromatic heterocycles. The monoisotopic (exact) mass is 306 g/mol. The highest BCUT2D eigenvalue weighted by atomic mass is 35.5. The molecule has 0 radical (unpaired) electrons. The molecule has 2 aromatic carbocycles. The van der Waals surface area contributed by atoms with Gasteiger partial charge < -0.3 is 14.6 Å². The highest BCUT2D eigenvalue weighted by Gasteiger charge is 2.10. The summed E-state index contributed by atoms with van der Waals surface area (Å²) in [5.74, 6) is 0.135. The third kappa shape index (κ3) is 3.67. The van der Waals surface area contributed by atoms with Crippen LogP contribution in [0.1, 0.15) is 21.5 Å². The van der Waals surface area contributed by atoms with Crippen molar-refractivity contribution in [3.8, 4) is 11.5 Å². The lowest BCUT2D eigenvalue weighted by molar-refractivity contribution is 0.0696. The van der Waals surface area contributed by atoms with E-state index >= 15 is 0 Å². The van der Waals surface area contributed by atoms with Crippen LogP contribution in [0.3, 0.4) is 0 Å². The molecule has 0 aliphatic rings. The summed E-state index contributed by atoms with van der Waals surface area (Å²) in [7, 11) is 1.53. The number of rotatable bonds is 5. The lowest BCUT2D eigenvalue weighted by atomic mass is 10.1. The van der Waals surface area contributed by atoms with E-state index in [1.54, 1.807) is 12.1 Å². The van der Waals surface area contributed by atoms with Crippen molar-refractivity contribution in [1.29, 1.82) is 0 Å². The first-order chi connectivity index (χ1) is 10.0. The van der Waals surface area contributed by atoms with E-state index in [9.17, 15) is 4.79 Å². The number of halogens is 1. The van der Waals surface area contributed by atoms with Crippen LogP contribution >= 0.6 is 11.6 Å². The van der Waals surface area contributed by atoms with Crippen molar-refractivity contribution in [2.45, 2.75) is 13.5 Å². The smallest absolute Gasteiger partial charge is 0.335 e. The standard InChI is InChI=1S/C16H15ClO4/c1-10-3-5-13(17)15(7-10)21-9-12-8-11(16(18)19)4-6-14(12)20-2/h3-8H,9H2,1-2H3,(H,18,19). The van der Waals surface area contributed by atoms with Crippen LogP contribution in [-0.4, -0.2) is 18.2 Å². The number of aryl methyl sites for hydroxylation is 1. The third-order valence-corrected chi connectivity index (χ3v) is 3.31. The van der Waals surface area contributed by atoms with E-state index in [-0.39, 0.29) is 12.2 Å². The van der Waals surface area contributed by atoms with Crippen molar-refractivity contribution >= 4 is 17.6 Å². The number of aromatic carboxylic acids is 1. The van der Waals surface area contributed by atoms with Gasteiger partial charge in [0.05, 0.1) is 17.7 Å². The van der Waals surface area contributed by atoms with Gasteiger partial charge in [0.1, 0.15) is 18.1 Å². The van der Waals surface area contributed by atoms with Gasteiger partial charge in [0.15, 0.2) is 0 Å². The third-order valence-electron chi connectivity index (χ3n) is 3.00. The first-order valence-corrected chi connectivity index (χ1v) is 6.68. The fourth-order valence-electron chi connectivity index (χ4n) is 1.90. The van der Waals surface area contributed by atoms with Gasteiger partial charge in [-0.1, -0.05) is 17.7 Å². The average molecular weight is 307 g/mol. The Morgan fingerprint density at radius 2 is 1.95 bits per heavy atom. The molecular formula is C16H15ClO4. The Balaban J connectivity index is 2.24. The summed E-state index contributed by atoms with van der Waals surface area (Å²) in [5, 5.41) is 9.54. The van der Waals surface area contributed by atoms with Gasteiger partial charge in [-0.05, 0) is 42.8 Å².